The van der Waals surface area contributed by atoms with Crippen LogP contribution in [-0.2, 0) is 62.2 Å². The van der Waals surface area contributed by atoms with Crippen LogP contribution >= 0.6 is 47.4 Å². The van der Waals surface area contributed by atoms with Crippen molar-refractivity contribution in [1.82, 2.24) is 30.4 Å². The number of hydrogen-bond acceptors (Lipinski definition) is 15. The van der Waals surface area contributed by atoms with Crippen LogP contribution in [0.4, 0.5) is 17.1 Å². The number of sulfone groups is 1. The van der Waals surface area contributed by atoms with Crippen LogP contribution < -0.4 is 47.3 Å². The van der Waals surface area contributed by atoms with Gasteiger partial charge in [0.05, 0.1) is 50.2 Å². The van der Waals surface area contributed by atoms with Crippen LogP contribution in [0.5, 0.6) is 0 Å². The van der Waals surface area contributed by atoms with E-state index in [2.05, 4.69) is 44.7 Å². The molecule has 0 saturated carbocycles. The van der Waals surface area contributed by atoms with Gasteiger partial charge in [-0.1, -0.05) is 111 Å². The van der Waals surface area contributed by atoms with Gasteiger partial charge in [0.2, 0.25) is 20.0 Å². The zero-order valence-electron chi connectivity index (χ0n) is 53.9. The lowest BCUT2D eigenvalue weighted by Crippen LogP contribution is -2.37. The summed E-state index contributed by atoms with van der Waals surface area (Å²) in [5, 5.41) is 28.1. The molecule has 12 rings (SSSR count). The molecule has 102 heavy (non-hydrogen) atoms. The number of thiocarbonyl (C=S) groups is 1. The van der Waals surface area contributed by atoms with E-state index >= 15 is 0 Å². The summed E-state index contributed by atoms with van der Waals surface area (Å²) in [5.74, 6) is -0.501. The Labute approximate surface area is 609 Å². The molecule has 0 spiro atoms. The summed E-state index contributed by atoms with van der Waals surface area (Å²) in [6.45, 7) is 9.97. The number of para-hydroxylation sites is 1. The number of carbonyl (C=O) groups excluding carboxylic acids is 4. The highest BCUT2D eigenvalue weighted by atomic mass is 35.5. The SMILES string of the molecule is C.C=C1Nc2cc(C(=O)NCCc3ccc(S(N)(=O)=O)cc3)ccc2C(=O)N1Cc1ccc(Cl)cc1.C=C1c2ccccc2NC(=S)N1c1ccc(C(=O)NCCc2ccc(S(N)(=O)=O)cc2)cc1.CS(=O)(=O)c1ccc(CCNC(=O)c2ccc(Cn3c(=S)[nH]c4ccsc4c3=O)cc2)cc1. The number of aromatic nitrogens is 2. The number of sulfonamides is 2. The Morgan fingerprint density at radius 1 is 0.549 bits per heavy atom. The molecule has 0 aliphatic carbocycles. The fourth-order valence-electron chi connectivity index (χ4n) is 10.6. The molecule has 4 amide bonds. The number of carbonyl (C=O) groups is 4. The first-order chi connectivity index (χ1) is 48.1. The first-order valence-corrected chi connectivity index (χ1v) is 38.0. The summed E-state index contributed by atoms with van der Waals surface area (Å²) in [6, 6.07) is 54.9. The van der Waals surface area contributed by atoms with E-state index in [0.717, 1.165) is 56.0 Å². The molecule has 29 heteroatoms. The summed E-state index contributed by atoms with van der Waals surface area (Å²) in [7, 11) is -10.7. The fraction of sp³-hybridized carbons (Fsp3) is 0.137. The monoisotopic (exact) mass is 1500 g/mol. The third-order valence-corrected chi connectivity index (χ3v) is 20.8. The zero-order chi connectivity index (χ0) is 72.3. The van der Waals surface area contributed by atoms with Crippen molar-refractivity contribution >= 4 is 139 Å². The van der Waals surface area contributed by atoms with Gasteiger partial charge < -0.3 is 31.6 Å². The van der Waals surface area contributed by atoms with E-state index in [-0.39, 0.29) is 51.3 Å². The topological polar surface area (TPSA) is 327 Å². The lowest BCUT2D eigenvalue weighted by atomic mass is 10.0. The van der Waals surface area contributed by atoms with E-state index in [9.17, 15) is 49.2 Å². The Hall–Kier alpha value is -10.3. The minimum absolute atomic E-state index is 0. The average Bonchev–Trinajstić information content (AvgIpc) is 0.863. The highest BCUT2D eigenvalue weighted by Gasteiger charge is 2.29. The predicted octanol–water partition coefficient (Wildman–Crippen LogP) is 11.2. The van der Waals surface area contributed by atoms with Crippen molar-refractivity contribution in [2.75, 3.05) is 41.4 Å². The molecule has 22 nitrogen and oxygen atoms in total. The van der Waals surface area contributed by atoms with Crippen LogP contribution in [0.15, 0.2) is 238 Å². The van der Waals surface area contributed by atoms with Gasteiger partial charge in [0.1, 0.15) is 10.5 Å². The maximum absolute atomic E-state index is 13.0. The second-order valence-electron chi connectivity index (χ2n) is 23.1. The Balaban J connectivity index is 0.000000177. The number of rotatable bonds is 20. The van der Waals surface area contributed by atoms with Crippen molar-refractivity contribution < 1.29 is 44.4 Å². The van der Waals surface area contributed by atoms with Crippen LogP contribution in [0.25, 0.3) is 15.9 Å². The summed E-state index contributed by atoms with van der Waals surface area (Å²) in [4.78, 5) is 70.2. The first kappa shape index (κ1) is 75.9. The standard InChI is InChI=1S/C25H23ClN4O4S.C24H22N4O3S2.C23H21N3O4S3.CH4/c1-16-29-23-14-19(24(31)28-13-12-17-4-9-21(10-5-17)35(27,33)34)6-11-22(23)25(32)30(16)15-18-2-7-20(26)8-3-18;1-16-21-4-2-3-5-22(21)27-24(32)28(16)19-10-8-18(9-11-19)23(29)26-15-14-17-6-12-20(13-7-17)33(25,30)31;1-33(29,30)18-8-4-15(5-9-18)10-12-24-21(27)17-6-2-16(3-7-17)14-26-22(28)20-19(11-13-32-20)25-23(26)31;/h2-11,14,29H,1,12-13,15H2,(H,28,31)(H2,27,33,34);2-13H,1,14-15H2,(H,26,29)(H,27,32)(H2,25,30,31);2-9,11,13H,10,12,14H2,1H3,(H,24,27)(H,25,31);1H4. The molecule has 0 radical (unpaired) electrons. The number of benzene rings is 8. The van der Waals surface area contributed by atoms with E-state index in [1.165, 1.54) is 51.3 Å². The molecule has 8 aromatic carbocycles. The molecule has 526 valence electrons. The Morgan fingerprint density at radius 2 is 1.01 bits per heavy atom. The van der Waals surface area contributed by atoms with Crippen LogP contribution in [0.3, 0.4) is 0 Å². The molecular weight excluding hydrogens is 1430 g/mol. The Kier molecular flexibility index (Phi) is 24.6. The number of amides is 4. The third kappa shape index (κ3) is 19.2. The molecule has 0 unspecified atom stereocenters. The van der Waals surface area contributed by atoms with Crippen LogP contribution in [0, 0.1) is 4.77 Å². The summed E-state index contributed by atoms with van der Waals surface area (Å²) in [6.07, 6.45) is 2.82. The van der Waals surface area contributed by atoms with Crippen LogP contribution in [0.1, 0.15) is 82.2 Å². The smallest absolute Gasteiger partial charge is 0.272 e. The molecule has 0 saturated heterocycles. The Bertz CT molecular complexity index is 5330. The number of nitrogens with one attached hydrogen (secondary N) is 6. The molecule has 2 aliphatic heterocycles. The number of nitrogens with zero attached hydrogens (tertiary/aromatic N) is 3. The number of halogens is 1. The minimum Gasteiger partial charge on any atom is -0.352 e. The van der Waals surface area contributed by atoms with Crippen molar-refractivity contribution in [1.29, 1.82) is 0 Å². The molecule has 4 heterocycles. The number of fused-ring (bicyclic) bond motifs is 3. The highest BCUT2D eigenvalue weighted by Crippen LogP contribution is 2.35. The fourth-order valence-corrected chi connectivity index (χ4v) is 13.8. The molecule has 10 aromatic rings. The number of anilines is 3. The maximum atomic E-state index is 13.0. The molecule has 0 atom stereocenters. The summed E-state index contributed by atoms with van der Waals surface area (Å²) in [5.41, 5.74) is 10.9. The van der Waals surface area contributed by atoms with Gasteiger partial charge in [-0.15, -0.1) is 11.3 Å². The zero-order valence-corrected chi connectivity index (χ0v) is 59.6. The highest BCUT2D eigenvalue weighted by molar-refractivity contribution is 7.90. The molecule has 2 aromatic heterocycles. The molecule has 10 N–H and O–H groups in total. The van der Waals surface area contributed by atoms with Crippen molar-refractivity contribution in [3.05, 3.63) is 294 Å². The average molecular weight is 1510 g/mol. The number of primary sulfonamides is 2. The van der Waals surface area contributed by atoms with Crippen LogP contribution in [0.2, 0.25) is 5.02 Å². The van der Waals surface area contributed by atoms with Gasteiger partial charge in [0.25, 0.3) is 29.2 Å². The van der Waals surface area contributed by atoms with Crippen molar-refractivity contribution in [2.24, 2.45) is 10.3 Å². The largest absolute Gasteiger partial charge is 0.352 e. The quantitative estimate of drug-likeness (QED) is 0.0329. The molecule has 2 aliphatic rings. The number of hydrogen-bond donors (Lipinski definition) is 8. The van der Waals surface area contributed by atoms with E-state index in [0.29, 0.717) is 105 Å². The lowest BCUT2D eigenvalue weighted by molar-refractivity contribution is 0.0791. The normalized spacial score (nSPS) is 12.6. The molecule has 0 fully saturated rings. The van der Waals surface area contributed by atoms with Gasteiger partial charge in [0, 0.05) is 64.5 Å². The Morgan fingerprint density at radius 3 is 1.53 bits per heavy atom. The predicted molar refractivity (Wildman–Crippen MR) is 408 cm³/mol. The number of nitrogens with two attached hydrogens (primary N) is 2. The van der Waals surface area contributed by atoms with Crippen molar-refractivity contribution in [2.45, 2.75) is 54.5 Å². The van der Waals surface area contributed by atoms with E-state index in [1.54, 1.807) is 115 Å². The minimum atomic E-state index is -3.74. The second-order valence-corrected chi connectivity index (χ2v) is 30.4. The van der Waals surface area contributed by atoms with Gasteiger partial charge in [0.15, 0.2) is 19.7 Å². The lowest BCUT2D eigenvalue weighted by Gasteiger charge is -2.33. The van der Waals surface area contributed by atoms with Crippen LogP contribution in [-0.4, -0.2) is 94.3 Å². The van der Waals surface area contributed by atoms with Crippen molar-refractivity contribution in [3.8, 4) is 0 Å². The number of aromatic amines is 1. The van der Waals surface area contributed by atoms with Gasteiger partial charge in [-0.2, -0.15) is 0 Å². The van der Waals surface area contributed by atoms with E-state index in [1.807, 2.05) is 64.9 Å². The third-order valence-electron chi connectivity index (χ3n) is 16.1. The van der Waals surface area contributed by atoms with E-state index < -0.39 is 29.9 Å². The van der Waals surface area contributed by atoms with Gasteiger partial charge in [-0.25, -0.2) is 35.5 Å². The van der Waals surface area contributed by atoms with Gasteiger partial charge >= 0.3 is 0 Å². The summed E-state index contributed by atoms with van der Waals surface area (Å²) >= 11 is 18.2. The number of H-pyrrole nitrogens is 1. The maximum Gasteiger partial charge on any atom is 0.272 e. The first-order valence-electron chi connectivity index (χ1n) is 30.9. The second kappa shape index (κ2) is 33.0. The van der Waals surface area contributed by atoms with Gasteiger partial charge in [-0.3, -0.25) is 38.3 Å². The van der Waals surface area contributed by atoms with E-state index in [4.69, 9.17) is 46.3 Å². The summed E-state index contributed by atoms with van der Waals surface area (Å²) < 4.78 is 70.9. The van der Waals surface area contributed by atoms with Gasteiger partial charge in [-0.05, 0) is 192 Å². The molecular formula is C73H70ClN11O11S6. The number of thiophene rings is 1. The van der Waals surface area contributed by atoms with Crippen molar-refractivity contribution in [3.63, 3.8) is 0 Å². The molecule has 0 bridgehead atoms.